The van der Waals surface area contributed by atoms with Gasteiger partial charge in [-0.15, -0.1) is 0 Å². The third kappa shape index (κ3) is 4.14. The molecule has 0 unspecified atom stereocenters. The molecule has 0 bridgehead atoms. The van der Waals surface area contributed by atoms with Crippen LogP contribution in [0.2, 0.25) is 0 Å². The maximum atomic E-state index is 10.9. The van der Waals surface area contributed by atoms with Crippen LogP contribution >= 0.6 is 0 Å². The molecule has 1 aliphatic heterocycles. The molecule has 0 aliphatic carbocycles. The molecule has 1 heterocycles. The predicted octanol–water partition coefficient (Wildman–Crippen LogP) is 3.72. The Morgan fingerprint density at radius 2 is 1.92 bits per heavy atom. The highest BCUT2D eigenvalue weighted by atomic mass is 16.6. The van der Waals surface area contributed by atoms with Gasteiger partial charge in [0.05, 0.1) is 22.2 Å². The molecule has 1 aliphatic rings. The summed E-state index contributed by atoms with van der Waals surface area (Å²) in [6.07, 6.45) is 2.42. The van der Waals surface area contributed by atoms with E-state index in [1.165, 1.54) is 25.0 Å². The number of hydrogen-bond acceptors (Lipinski definition) is 5. The highest BCUT2D eigenvalue weighted by molar-refractivity contribution is 5.62. The Morgan fingerprint density at radius 1 is 1.20 bits per heavy atom. The number of nitriles is 1. The minimum atomic E-state index is -0.483. The molecule has 3 rings (SSSR count). The summed E-state index contributed by atoms with van der Waals surface area (Å²) in [7, 11) is 0. The van der Waals surface area contributed by atoms with Gasteiger partial charge in [-0.2, -0.15) is 5.26 Å². The molecule has 1 atom stereocenters. The van der Waals surface area contributed by atoms with Crippen LogP contribution in [0.1, 0.15) is 30.0 Å². The van der Waals surface area contributed by atoms with Gasteiger partial charge in [-0.3, -0.25) is 10.1 Å². The average molecular weight is 336 g/mol. The lowest BCUT2D eigenvalue weighted by Crippen LogP contribution is -2.29. The van der Waals surface area contributed by atoms with Crippen molar-refractivity contribution in [3.63, 3.8) is 0 Å². The van der Waals surface area contributed by atoms with E-state index in [9.17, 15) is 15.4 Å². The third-order valence-corrected chi connectivity index (χ3v) is 4.51. The van der Waals surface area contributed by atoms with Gasteiger partial charge in [0.25, 0.3) is 5.69 Å². The SMILES string of the molecule is N#Cc1cc([N+](=O)[O-])ccc1N[C@H](CN1CCCC1)c1ccccc1. The number of rotatable bonds is 6. The number of hydrogen-bond donors (Lipinski definition) is 1. The van der Waals surface area contributed by atoms with E-state index in [1.807, 2.05) is 18.2 Å². The number of anilines is 1. The maximum Gasteiger partial charge on any atom is 0.270 e. The van der Waals surface area contributed by atoms with E-state index in [4.69, 9.17) is 0 Å². The van der Waals surface area contributed by atoms with Crippen LogP contribution in [0.3, 0.4) is 0 Å². The summed E-state index contributed by atoms with van der Waals surface area (Å²) in [5.74, 6) is 0. The molecule has 6 nitrogen and oxygen atoms in total. The number of non-ortho nitro benzene ring substituents is 1. The molecule has 25 heavy (non-hydrogen) atoms. The lowest BCUT2D eigenvalue weighted by atomic mass is 10.0. The first-order valence-electron chi connectivity index (χ1n) is 8.40. The van der Waals surface area contributed by atoms with Crippen molar-refractivity contribution in [2.75, 3.05) is 25.0 Å². The second-order valence-corrected chi connectivity index (χ2v) is 6.21. The van der Waals surface area contributed by atoms with Gasteiger partial charge in [-0.05, 0) is 37.6 Å². The first kappa shape index (κ1) is 16.9. The van der Waals surface area contributed by atoms with Gasteiger partial charge in [0.2, 0.25) is 0 Å². The van der Waals surface area contributed by atoms with E-state index >= 15 is 0 Å². The van der Waals surface area contributed by atoms with Crippen LogP contribution in [0.15, 0.2) is 48.5 Å². The number of nitrogens with zero attached hydrogens (tertiary/aromatic N) is 3. The van der Waals surface area contributed by atoms with Crippen molar-refractivity contribution < 1.29 is 4.92 Å². The third-order valence-electron chi connectivity index (χ3n) is 4.51. The fourth-order valence-corrected chi connectivity index (χ4v) is 3.20. The number of nitro groups is 1. The quantitative estimate of drug-likeness (QED) is 0.642. The van der Waals surface area contributed by atoms with Crippen LogP contribution in [0, 0.1) is 21.4 Å². The molecular formula is C19H20N4O2. The summed E-state index contributed by atoms with van der Waals surface area (Å²) in [6.45, 7) is 3.00. The van der Waals surface area contributed by atoms with Gasteiger partial charge in [-0.25, -0.2) is 0 Å². The molecule has 2 aromatic rings. The second-order valence-electron chi connectivity index (χ2n) is 6.21. The summed E-state index contributed by atoms with van der Waals surface area (Å²) in [6, 6.07) is 16.5. The first-order chi connectivity index (χ1) is 12.2. The van der Waals surface area contributed by atoms with E-state index < -0.39 is 4.92 Å². The molecule has 128 valence electrons. The fourth-order valence-electron chi connectivity index (χ4n) is 3.20. The zero-order valence-electron chi connectivity index (χ0n) is 13.9. The Balaban J connectivity index is 1.87. The number of nitrogens with one attached hydrogen (secondary N) is 1. The predicted molar refractivity (Wildman–Crippen MR) is 96.3 cm³/mol. The van der Waals surface area contributed by atoms with Crippen LogP contribution in [0.25, 0.3) is 0 Å². The van der Waals surface area contributed by atoms with Crippen LogP contribution in [0.4, 0.5) is 11.4 Å². The molecule has 2 aromatic carbocycles. The topological polar surface area (TPSA) is 82.2 Å². The lowest BCUT2D eigenvalue weighted by molar-refractivity contribution is -0.384. The Bertz CT molecular complexity index is 780. The zero-order chi connectivity index (χ0) is 17.6. The molecule has 1 fully saturated rings. The monoisotopic (exact) mass is 336 g/mol. The van der Waals surface area contributed by atoms with E-state index in [0.29, 0.717) is 5.69 Å². The Morgan fingerprint density at radius 3 is 2.56 bits per heavy atom. The molecule has 0 saturated carbocycles. The molecule has 6 heteroatoms. The van der Waals surface area contributed by atoms with Crippen LogP contribution < -0.4 is 5.32 Å². The standard InChI is InChI=1S/C19H20N4O2/c20-13-16-12-17(23(24)25)8-9-18(16)21-19(14-22-10-4-5-11-22)15-6-2-1-3-7-15/h1-3,6-9,12,19,21H,4-5,10-11,14H2/t19-/m1/s1. The van der Waals surface area contributed by atoms with Gasteiger partial charge >= 0.3 is 0 Å². The molecule has 1 saturated heterocycles. The van der Waals surface area contributed by atoms with Gasteiger partial charge in [0.15, 0.2) is 0 Å². The van der Waals surface area contributed by atoms with E-state index in [1.54, 1.807) is 6.07 Å². The van der Waals surface area contributed by atoms with Gasteiger partial charge in [0.1, 0.15) is 6.07 Å². The van der Waals surface area contributed by atoms with Crippen LogP contribution in [-0.2, 0) is 0 Å². The first-order valence-corrected chi connectivity index (χ1v) is 8.40. The maximum absolute atomic E-state index is 10.9. The summed E-state index contributed by atoms with van der Waals surface area (Å²) in [5.41, 5.74) is 1.98. The van der Waals surface area contributed by atoms with Crippen molar-refractivity contribution in [3.05, 3.63) is 69.8 Å². The van der Waals surface area contributed by atoms with Crippen LogP contribution in [-0.4, -0.2) is 29.5 Å². The summed E-state index contributed by atoms with van der Waals surface area (Å²) >= 11 is 0. The normalized spacial score (nSPS) is 15.5. The molecule has 1 N–H and O–H groups in total. The van der Waals surface area contributed by atoms with Gasteiger partial charge in [0, 0.05) is 18.7 Å². The molecule has 0 amide bonds. The fraction of sp³-hybridized carbons (Fsp3) is 0.316. The Kier molecular flexibility index (Phi) is 5.26. The summed E-state index contributed by atoms with van der Waals surface area (Å²) in [4.78, 5) is 12.8. The summed E-state index contributed by atoms with van der Waals surface area (Å²) in [5, 5.41) is 23.7. The largest absolute Gasteiger partial charge is 0.376 e. The van der Waals surface area contributed by atoms with Crippen molar-refractivity contribution in [1.82, 2.24) is 4.90 Å². The minimum absolute atomic E-state index is 0.0212. The minimum Gasteiger partial charge on any atom is -0.376 e. The number of likely N-dealkylation sites (tertiary alicyclic amines) is 1. The smallest absolute Gasteiger partial charge is 0.270 e. The van der Waals surface area contributed by atoms with Crippen molar-refractivity contribution in [2.45, 2.75) is 18.9 Å². The van der Waals surface area contributed by atoms with Crippen LogP contribution in [0.5, 0.6) is 0 Å². The van der Waals surface area contributed by atoms with Gasteiger partial charge in [-0.1, -0.05) is 30.3 Å². The average Bonchev–Trinajstić information content (AvgIpc) is 3.15. The van der Waals surface area contributed by atoms with E-state index in [-0.39, 0.29) is 17.3 Å². The van der Waals surface area contributed by atoms with Gasteiger partial charge < -0.3 is 10.2 Å². The highest BCUT2D eigenvalue weighted by Gasteiger charge is 2.20. The Hall–Kier alpha value is -2.91. The molecular weight excluding hydrogens is 316 g/mol. The molecule has 0 spiro atoms. The molecule has 0 radical (unpaired) electrons. The van der Waals surface area contributed by atoms with Crippen molar-refractivity contribution in [3.8, 4) is 6.07 Å². The number of benzene rings is 2. The van der Waals surface area contributed by atoms with Crippen molar-refractivity contribution in [2.24, 2.45) is 0 Å². The van der Waals surface area contributed by atoms with Crippen molar-refractivity contribution in [1.29, 1.82) is 5.26 Å². The summed E-state index contributed by atoms with van der Waals surface area (Å²) < 4.78 is 0. The Labute approximate surface area is 146 Å². The zero-order valence-corrected chi connectivity index (χ0v) is 13.9. The number of nitro benzene ring substituents is 1. The van der Waals surface area contributed by atoms with E-state index in [0.717, 1.165) is 25.2 Å². The van der Waals surface area contributed by atoms with E-state index in [2.05, 4.69) is 28.4 Å². The molecule has 0 aromatic heterocycles. The lowest BCUT2D eigenvalue weighted by Gasteiger charge is -2.26. The second kappa shape index (κ2) is 7.77. The van der Waals surface area contributed by atoms with Crippen molar-refractivity contribution >= 4 is 11.4 Å². The highest BCUT2D eigenvalue weighted by Crippen LogP contribution is 2.27.